The van der Waals surface area contributed by atoms with E-state index in [9.17, 15) is 4.79 Å². The second kappa shape index (κ2) is 11.8. The number of aromatic nitrogens is 1. The lowest BCUT2D eigenvalue weighted by molar-refractivity contribution is -0.114. The predicted octanol–water partition coefficient (Wildman–Crippen LogP) is 5.67. The number of fused-ring (bicyclic) bond motifs is 1. The fraction of sp³-hybridized carbons (Fsp3) is 0.333. The van der Waals surface area contributed by atoms with Gasteiger partial charge in [0.15, 0.2) is 5.13 Å². The van der Waals surface area contributed by atoms with Crippen molar-refractivity contribution < 1.29 is 4.79 Å². The molecule has 30 heavy (non-hydrogen) atoms. The molecule has 0 aliphatic rings. The third-order valence-electron chi connectivity index (χ3n) is 5.10. The number of nitrogens with zero attached hydrogens (tertiary/aromatic N) is 3. The van der Waals surface area contributed by atoms with Crippen molar-refractivity contribution >= 4 is 51.1 Å². The Morgan fingerprint density at radius 3 is 2.43 bits per heavy atom. The van der Waals surface area contributed by atoms with Crippen molar-refractivity contribution in [3.8, 4) is 0 Å². The summed E-state index contributed by atoms with van der Waals surface area (Å²) < 4.78 is 1.13. The van der Waals surface area contributed by atoms with E-state index < -0.39 is 0 Å². The highest BCUT2D eigenvalue weighted by Gasteiger charge is 2.18. The van der Waals surface area contributed by atoms with Crippen LogP contribution in [0.1, 0.15) is 31.9 Å². The average molecular weight is 444 g/mol. The molecule has 0 bridgehead atoms. The van der Waals surface area contributed by atoms with Crippen LogP contribution in [0, 0.1) is 0 Å². The highest BCUT2D eigenvalue weighted by Crippen LogP contribution is 2.30. The van der Waals surface area contributed by atoms with Gasteiger partial charge in [-0.1, -0.05) is 68.5 Å². The Morgan fingerprint density at radius 2 is 1.77 bits per heavy atom. The Bertz CT molecular complexity index is 967. The molecule has 1 aromatic heterocycles. The number of hydrogen-bond acceptors (Lipinski definition) is 4. The number of benzene rings is 2. The number of thiazole rings is 1. The number of hydrogen-bond donors (Lipinski definition) is 0. The van der Waals surface area contributed by atoms with Crippen molar-refractivity contribution in [2.24, 2.45) is 0 Å². The van der Waals surface area contributed by atoms with Crippen molar-refractivity contribution in [3.63, 3.8) is 0 Å². The number of likely N-dealkylation sites (N-methyl/N-ethyl adjacent to an activating group) is 1. The van der Waals surface area contributed by atoms with Crippen LogP contribution in [-0.4, -0.2) is 42.0 Å². The van der Waals surface area contributed by atoms with Crippen molar-refractivity contribution in [2.45, 2.75) is 27.2 Å². The standard InChI is InChI=1S/C24H29N3OS.ClH/c1-4-19-12-14-21-22(18-19)29-24(25-21)27(17-16-26(5-2)6-3)23(28)15-13-20-10-8-7-9-11-20;/h7-15,18H,4-6,16-17H2,1-3H3;1H. The average Bonchev–Trinajstić information content (AvgIpc) is 3.18. The van der Waals surface area contributed by atoms with E-state index in [2.05, 4.69) is 43.9 Å². The fourth-order valence-corrected chi connectivity index (χ4v) is 4.26. The van der Waals surface area contributed by atoms with Crippen LogP contribution in [0.15, 0.2) is 54.6 Å². The van der Waals surface area contributed by atoms with Crippen LogP contribution in [-0.2, 0) is 11.2 Å². The molecule has 3 rings (SSSR count). The van der Waals surface area contributed by atoms with Crippen molar-refractivity contribution in [2.75, 3.05) is 31.1 Å². The van der Waals surface area contributed by atoms with Crippen LogP contribution < -0.4 is 4.90 Å². The minimum Gasteiger partial charge on any atom is -0.302 e. The van der Waals surface area contributed by atoms with Crippen LogP contribution in [0.3, 0.4) is 0 Å². The molecule has 0 atom stereocenters. The summed E-state index contributed by atoms with van der Waals surface area (Å²) in [6.45, 7) is 9.84. The van der Waals surface area contributed by atoms with Gasteiger partial charge in [0, 0.05) is 19.2 Å². The molecular formula is C24H30ClN3OS. The zero-order valence-corrected chi connectivity index (χ0v) is 19.5. The summed E-state index contributed by atoms with van der Waals surface area (Å²) in [6, 6.07) is 16.3. The van der Waals surface area contributed by atoms with Gasteiger partial charge in [0.2, 0.25) is 0 Å². The molecule has 1 amide bonds. The fourth-order valence-electron chi connectivity index (χ4n) is 3.20. The lowest BCUT2D eigenvalue weighted by Crippen LogP contribution is -2.38. The van der Waals surface area contributed by atoms with Gasteiger partial charge in [-0.15, -0.1) is 12.4 Å². The number of carbonyl (C=O) groups is 1. The highest BCUT2D eigenvalue weighted by atomic mass is 35.5. The van der Waals surface area contributed by atoms with Crippen molar-refractivity contribution in [3.05, 3.63) is 65.7 Å². The van der Waals surface area contributed by atoms with Crippen molar-refractivity contribution in [1.82, 2.24) is 9.88 Å². The number of halogens is 1. The second-order valence-corrected chi connectivity index (χ2v) is 7.92. The Labute approximate surface area is 189 Å². The van der Waals surface area contributed by atoms with Gasteiger partial charge in [0.05, 0.1) is 10.2 Å². The van der Waals surface area contributed by atoms with Gasteiger partial charge in [0.1, 0.15) is 0 Å². The summed E-state index contributed by atoms with van der Waals surface area (Å²) in [5, 5.41) is 0.767. The maximum Gasteiger partial charge on any atom is 0.252 e. The molecule has 4 nitrogen and oxygen atoms in total. The summed E-state index contributed by atoms with van der Waals surface area (Å²) in [6.07, 6.45) is 4.52. The molecule has 0 spiro atoms. The molecule has 0 aliphatic carbocycles. The maximum absolute atomic E-state index is 13.1. The third-order valence-corrected chi connectivity index (χ3v) is 6.14. The molecule has 0 saturated carbocycles. The first-order valence-corrected chi connectivity index (χ1v) is 11.1. The number of rotatable bonds is 9. The smallest absolute Gasteiger partial charge is 0.252 e. The molecular weight excluding hydrogens is 414 g/mol. The van der Waals surface area contributed by atoms with E-state index in [1.807, 2.05) is 41.3 Å². The van der Waals surface area contributed by atoms with Gasteiger partial charge >= 0.3 is 0 Å². The molecule has 1 heterocycles. The van der Waals surface area contributed by atoms with E-state index >= 15 is 0 Å². The Kier molecular flexibility index (Phi) is 9.50. The molecule has 0 unspecified atom stereocenters. The molecule has 2 aromatic carbocycles. The summed E-state index contributed by atoms with van der Waals surface area (Å²) in [5.41, 5.74) is 3.26. The Hall–Kier alpha value is -2.21. The van der Waals surface area contributed by atoms with Crippen LogP contribution in [0.25, 0.3) is 16.3 Å². The molecule has 0 saturated heterocycles. The molecule has 0 aliphatic heterocycles. The van der Waals surface area contributed by atoms with E-state index in [0.29, 0.717) is 6.54 Å². The number of aryl methyl sites for hydroxylation is 1. The second-order valence-electron chi connectivity index (χ2n) is 6.91. The van der Waals surface area contributed by atoms with Gasteiger partial charge in [0.25, 0.3) is 5.91 Å². The summed E-state index contributed by atoms with van der Waals surface area (Å²) in [4.78, 5) is 22.0. The Morgan fingerprint density at radius 1 is 1.03 bits per heavy atom. The van der Waals surface area contributed by atoms with E-state index in [4.69, 9.17) is 4.98 Å². The molecule has 0 N–H and O–H groups in total. The zero-order valence-electron chi connectivity index (χ0n) is 17.9. The van der Waals surface area contributed by atoms with E-state index in [1.165, 1.54) is 5.56 Å². The first kappa shape index (κ1) is 24.1. The van der Waals surface area contributed by atoms with E-state index in [0.717, 1.165) is 47.0 Å². The normalized spacial score (nSPS) is 11.2. The van der Waals surface area contributed by atoms with Gasteiger partial charge in [-0.2, -0.15) is 0 Å². The molecule has 0 radical (unpaired) electrons. The largest absolute Gasteiger partial charge is 0.302 e. The van der Waals surface area contributed by atoms with Crippen LogP contribution in [0.5, 0.6) is 0 Å². The predicted molar refractivity (Wildman–Crippen MR) is 132 cm³/mol. The van der Waals surface area contributed by atoms with Gasteiger partial charge in [-0.25, -0.2) is 4.98 Å². The Balaban J connectivity index is 0.00000320. The first-order chi connectivity index (χ1) is 14.1. The lowest BCUT2D eigenvalue weighted by Gasteiger charge is -2.23. The van der Waals surface area contributed by atoms with Crippen LogP contribution in [0.2, 0.25) is 0 Å². The zero-order chi connectivity index (χ0) is 20.6. The molecule has 160 valence electrons. The molecule has 6 heteroatoms. The topological polar surface area (TPSA) is 36.4 Å². The summed E-state index contributed by atoms with van der Waals surface area (Å²) in [7, 11) is 0. The summed E-state index contributed by atoms with van der Waals surface area (Å²) in [5.74, 6) is -0.0317. The van der Waals surface area contributed by atoms with Crippen LogP contribution in [0.4, 0.5) is 5.13 Å². The molecule has 3 aromatic rings. The van der Waals surface area contributed by atoms with E-state index in [-0.39, 0.29) is 18.3 Å². The maximum atomic E-state index is 13.1. The first-order valence-electron chi connectivity index (χ1n) is 10.3. The lowest BCUT2D eigenvalue weighted by atomic mass is 10.2. The monoisotopic (exact) mass is 443 g/mol. The number of anilines is 1. The quantitative estimate of drug-likeness (QED) is 0.400. The van der Waals surface area contributed by atoms with Gasteiger partial charge in [-0.3, -0.25) is 9.69 Å². The van der Waals surface area contributed by atoms with Gasteiger partial charge in [-0.05, 0) is 48.8 Å². The number of amides is 1. The SMILES string of the molecule is CCc1ccc2nc(N(CCN(CC)CC)C(=O)C=Cc3ccccc3)sc2c1.Cl. The third kappa shape index (κ3) is 6.14. The van der Waals surface area contributed by atoms with Crippen molar-refractivity contribution in [1.29, 1.82) is 0 Å². The minimum atomic E-state index is -0.0317. The summed E-state index contributed by atoms with van der Waals surface area (Å²) >= 11 is 1.59. The van der Waals surface area contributed by atoms with Crippen LogP contribution >= 0.6 is 23.7 Å². The molecule has 0 fully saturated rings. The highest BCUT2D eigenvalue weighted by molar-refractivity contribution is 7.22. The number of carbonyl (C=O) groups excluding carboxylic acids is 1. The van der Waals surface area contributed by atoms with Gasteiger partial charge < -0.3 is 4.90 Å². The minimum absolute atomic E-state index is 0. The van der Waals surface area contributed by atoms with E-state index in [1.54, 1.807) is 17.4 Å².